The number of benzene rings is 1. The number of carbonyl (C=O) groups is 2. The Morgan fingerprint density at radius 2 is 1.92 bits per heavy atom. The van der Waals surface area contributed by atoms with Crippen LogP contribution in [0.5, 0.6) is 5.75 Å². The second-order valence-electron chi connectivity index (χ2n) is 5.53. The maximum atomic E-state index is 12.5. The van der Waals surface area contributed by atoms with E-state index in [4.69, 9.17) is 9.47 Å². The van der Waals surface area contributed by atoms with E-state index in [1.807, 2.05) is 12.1 Å². The summed E-state index contributed by atoms with van der Waals surface area (Å²) in [6.07, 6.45) is 1.89. The first-order valence-electron chi connectivity index (χ1n) is 8.19. The van der Waals surface area contributed by atoms with Crippen LogP contribution in [0.4, 0.5) is 5.82 Å². The summed E-state index contributed by atoms with van der Waals surface area (Å²) in [6, 6.07) is 12.6. The van der Waals surface area contributed by atoms with Gasteiger partial charge in [-0.1, -0.05) is 18.2 Å². The Morgan fingerprint density at radius 1 is 1.15 bits per heavy atom. The highest BCUT2D eigenvalue weighted by Gasteiger charge is 2.21. The molecule has 7 nitrogen and oxygen atoms in total. The minimum atomic E-state index is -0.573. The largest absolute Gasteiger partial charge is 0.497 e. The molecule has 0 atom stereocenters. The summed E-state index contributed by atoms with van der Waals surface area (Å²) < 4.78 is 11.8. The number of hydrogen-bond donors (Lipinski definition) is 1. The molecule has 26 heavy (non-hydrogen) atoms. The maximum Gasteiger partial charge on any atom is 0.360 e. The second-order valence-corrected chi connectivity index (χ2v) is 5.53. The zero-order chi connectivity index (χ0) is 18.5. The first-order chi connectivity index (χ1) is 12.6. The van der Waals surface area contributed by atoms with E-state index in [1.54, 1.807) is 55.0 Å². The van der Waals surface area contributed by atoms with Crippen molar-refractivity contribution in [3.8, 4) is 5.75 Å². The van der Waals surface area contributed by atoms with Gasteiger partial charge < -0.3 is 14.8 Å². The highest BCUT2D eigenvalue weighted by molar-refractivity contribution is 6.00. The number of fused-ring (bicyclic) bond motifs is 1. The Balaban J connectivity index is 1.85. The Labute approximate surface area is 150 Å². The van der Waals surface area contributed by atoms with Crippen molar-refractivity contribution in [1.82, 2.24) is 9.38 Å². The van der Waals surface area contributed by atoms with Gasteiger partial charge in [-0.05, 0) is 36.8 Å². The molecule has 1 N–H and O–H groups in total. The van der Waals surface area contributed by atoms with Gasteiger partial charge in [0, 0.05) is 6.20 Å². The summed E-state index contributed by atoms with van der Waals surface area (Å²) in [5, 5.41) is 2.78. The number of anilines is 1. The van der Waals surface area contributed by atoms with Crippen LogP contribution in [0, 0.1) is 0 Å². The Hall–Kier alpha value is -3.35. The average Bonchev–Trinajstić information content (AvgIpc) is 3.01. The van der Waals surface area contributed by atoms with Crippen molar-refractivity contribution in [2.75, 3.05) is 19.0 Å². The predicted molar refractivity (Wildman–Crippen MR) is 96.5 cm³/mol. The van der Waals surface area contributed by atoms with Crippen LogP contribution in [-0.4, -0.2) is 35.0 Å². The molecule has 0 saturated heterocycles. The van der Waals surface area contributed by atoms with Crippen LogP contribution in [0.1, 0.15) is 23.0 Å². The summed E-state index contributed by atoms with van der Waals surface area (Å²) in [4.78, 5) is 28.9. The number of nitrogens with zero attached hydrogens (tertiary/aromatic N) is 2. The summed E-state index contributed by atoms with van der Waals surface area (Å²) in [5.41, 5.74) is 1.46. The zero-order valence-electron chi connectivity index (χ0n) is 14.6. The summed E-state index contributed by atoms with van der Waals surface area (Å²) in [5.74, 6) is 0.195. The third-order valence-corrected chi connectivity index (χ3v) is 3.78. The van der Waals surface area contributed by atoms with Gasteiger partial charge in [0.1, 0.15) is 11.4 Å². The van der Waals surface area contributed by atoms with E-state index in [-0.39, 0.29) is 24.6 Å². The monoisotopic (exact) mass is 353 g/mol. The smallest absolute Gasteiger partial charge is 0.360 e. The molecule has 0 aliphatic carbocycles. The fourth-order valence-electron chi connectivity index (χ4n) is 2.56. The summed E-state index contributed by atoms with van der Waals surface area (Å²) >= 11 is 0. The molecule has 0 bridgehead atoms. The number of hydrogen-bond acceptors (Lipinski definition) is 5. The average molecular weight is 353 g/mol. The standard InChI is InChI=1S/C19H19N3O4/c1-3-26-19(24)17-18(22-11-5-4-6-15(22)20-17)21-16(23)12-13-7-9-14(25-2)10-8-13/h4-11H,3,12H2,1-2H3,(H,21,23). The Bertz CT molecular complexity index is 932. The number of imidazole rings is 1. The molecule has 7 heteroatoms. The van der Waals surface area contributed by atoms with E-state index < -0.39 is 5.97 Å². The lowest BCUT2D eigenvalue weighted by atomic mass is 10.1. The molecular formula is C19H19N3O4. The Kier molecular flexibility index (Phi) is 5.17. The molecule has 134 valence electrons. The van der Waals surface area contributed by atoms with Crippen molar-refractivity contribution in [1.29, 1.82) is 0 Å². The zero-order valence-corrected chi connectivity index (χ0v) is 14.6. The molecule has 2 heterocycles. The molecular weight excluding hydrogens is 334 g/mol. The SMILES string of the molecule is CCOC(=O)c1nc2ccccn2c1NC(=O)Cc1ccc(OC)cc1. The van der Waals surface area contributed by atoms with E-state index >= 15 is 0 Å². The summed E-state index contributed by atoms with van der Waals surface area (Å²) in [7, 11) is 1.59. The fraction of sp³-hybridized carbons (Fsp3) is 0.211. The maximum absolute atomic E-state index is 12.5. The number of amides is 1. The molecule has 0 spiro atoms. The lowest BCUT2D eigenvalue weighted by Gasteiger charge is -2.08. The molecule has 2 aromatic heterocycles. The van der Waals surface area contributed by atoms with Crippen LogP contribution in [0.3, 0.4) is 0 Å². The number of rotatable bonds is 6. The van der Waals surface area contributed by atoms with Crippen molar-refractivity contribution in [3.05, 3.63) is 59.9 Å². The van der Waals surface area contributed by atoms with Gasteiger partial charge in [-0.2, -0.15) is 0 Å². The number of pyridine rings is 1. The topological polar surface area (TPSA) is 81.9 Å². The molecule has 0 saturated carbocycles. The minimum Gasteiger partial charge on any atom is -0.497 e. The van der Waals surface area contributed by atoms with Gasteiger partial charge >= 0.3 is 5.97 Å². The Morgan fingerprint density at radius 3 is 2.62 bits per heavy atom. The van der Waals surface area contributed by atoms with Gasteiger partial charge in [0.05, 0.1) is 20.1 Å². The van der Waals surface area contributed by atoms with Crippen molar-refractivity contribution >= 4 is 23.3 Å². The van der Waals surface area contributed by atoms with Gasteiger partial charge in [0.15, 0.2) is 11.5 Å². The van der Waals surface area contributed by atoms with Gasteiger partial charge in [0.2, 0.25) is 5.91 Å². The minimum absolute atomic E-state index is 0.0844. The number of methoxy groups -OCH3 is 1. The molecule has 0 radical (unpaired) electrons. The molecule has 3 aromatic rings. The van der Waals surface area contributed by atoms with Crippen molar-refractivity contribution in [2.45, 2.75) is 13.3 Å². The number of esters is 1. The van der Waals surface area contributed by atoms with E-state index in [0.717, 1.165) is 11.3 Å². The molecule has 0 fully saturated rings. The van der Waals surface area contributed by atoms with Crippen molar-refractivity contribution in [3.63, 3.8) is 0 Å². The lowest BCUT2D eigenvalue weighted by Crippen LogP contribution is -2.18. The molecule has 0 aliphatic rings. The van der Waals surface area contributed by atoms with Crippen LogP contribution >= 0.6 is 0 Å². The first-order valence-corrected chi connectivity index (χ1v) is 8.19. The molecule has 1 amide bonds. The number of ether oxygens (including phenoxy) is 2. The normalized spacial score (nSPS) is 10.5. The number of carbonyl (C=O) groups excluding carboxylic acids is 2. The van der Waals surface area contributed by atoms with E-state index in [1.165, 1.54) is 0 Å². The molecule has 0 aliphatic heterocycles. The van der Waals surface area contributed by atoms with Crippen molar-refractivity contribution in [2.24, 2.45) is 0 Å². The lowest BCUT2D eigenvalue weighted by molar-refractivity contribution is -0.115. The third kappa shape index (κ3) is 3.66. The molecule has 3 rings (SSSR count). The quantitative estimate of drug-likeness (QED) is 0.689. The van der Waals surface area contributed by atoms with Gasteiger partial charge in [-0.3, -0.25) is 9.20 Å². The second kappa shape index (κ2) is 7.69. The third-order valence-electron chi connectivity index (χ3n) is 3.78. The molecule has 0 unspecified atom stereocenters. The van der Waals surface area contributed by atoms with Gasteiger partial charge in [0.25, 0.3) is 0 Å². The van der Waals surface area contributed by atoms with Crippen LogP contribution in [0.15, 0.2) is 48.7 Å². The number of aromatic nitrogens is 2. The van der Waals surface area contributed by atoms with Crippen LogP contribution < -0.4 is 10.1 Å². The highest BCUT2D eigenvalue weighted by atomic mass is 16.5. The van der Waals surface area contributed by atoms with Crippen LogP contribution in [0.25, 0.3) is 5.65 Å². The number of nitrogens with one attached hydrogen (secondary N) is 1. The van der Waals surface area contributed by atoms with Gasteiger partial charge in [-0.25, -0.2) is 9.78 Å². The van der Waals surface area contributed by atoms with Crippen LogP contribution in [0.2, 0.25) is 0 Å². The predicted octanol–water partition coefficient (Wildman–Crippen LogP) is 2.70. The van der Waals surface area contributed by atoms with Crippen LogP contribution in [-0.2, 0) is 16.0 Å². The van der Waals surface area contributed by atoms with Gasteiger partial charge in [-0.15, -0.1) is 0 Å². The van der Waals surface area contributed by atoms with Crippen molar-refractivity contribution < 1.29 is 19.1 Å². The molecule has 1 aromatic carbocycles. The summed E-state index contributed by atoms with van der Waals surface area (Å²) in [6.45, 7) is 1.95. The fourth-order valence-corrected chi connectivity index (χ4v) is 2.56. The van der Waals surface area contributed by atoms with E-state index in [9.17, 15) is 9.59 Å². The van der Waals surface area contributed by atoms with E-state index in [0.29, 0.717) is 11.5 Å². The first kappa shape index (κ1) is 17.5. The van der Waals surface area contributed by atoms with E-state index in [2.05, 4.69) is 10.3 Å². The highest BCUT2D eigenvalue weighted by Crippen LogP contribution is 2.20.